The van der Waals surface area contributed by atoms with Gasteiger partial charge in [-0.2, -0.15) is 0 Å². The van der Waals surface area contributed by atoms with Gasteiger partial charge in [0.15, 0.2) is 0 Å². The normalized spacial score (nSPS) is 11.9. The Hall–Kier alpha value is -2.44. The number of carbonyl (C=O) groups excluding carboxylic acids is 2. The molecule has 0 aliphatic heterocycles. The molecule has 138 valence electrons. The zero-order valence-corrected chi connectivity index (χ0v) is 15.6. The molecule has 0 aliphatic carbocycles. The van der Waals surface area contributed by atoms with Crippen molar-refractivity contribution in [2.75, 3.05) is 24.2 Å². The molecule has 0 aromatic heterocycles. The van der Waals surface area contributed by atoms with Crippen LogP contribution in [0.3, 0.4) is 0 Å². The summed E-state index contributed by atoms with van der Waals surface area (Å²) >= 11 is 6.01. The molecule has 0 bridgehead atoms. The Labute approximate surface area is 157 Å². The monoisotopic (exact) mass is 377 g/mol. The average Bonchev–Trinajstić information content (AvgIpc) is 2.59. The maximum absolute atomic E-state index is 13.3. The molecule has 0 saturated carbocycles. The highest BCUT2D eigenvalue weighted by Gasteiger charge is 2.21. The van der Waals surface area contributed by atoms with Crippen molar-refractivity contribution in [3.8, 4) is 0 Å². The van der Waals surface area contributed by atoms with Gasteiger partial charge in [0.25, 0.3) is 0 Å². The highest BCUT2D eigenvalue weighted by Crippen LogP contribution is 2.20. The Morgan fingerprint density at radius 2 is 1.85 bits per heavy atom. The van der Waals surface area contributed by atoms with Gasteiger partial charge >= 0.3 is 0 Å². The molecule has 0 aliphatic rings. The number of hydrogen-bond donors (Lipinski definition) is 2. The largest absolute Gasteiger partial charge is 0.324 e. The highest BCUT2D eigenvalue weighted by molar-refractivity contribution is 6.33. The lowest BCUT2D eigenvalue weighted by Crippen LogP contribution is -2.43. The van der Waals surface area contributed by atoms with Gasteiger partial charge in [0.1, 0.15) is 5.82 Å². The number of rotatable bonds is 6. The lowest BCUT2D eigenvalue weighted by Gasteiger charge is -2.23. The van der Waals surface area contributed by atoms with Crippen molar-refractivity contribution < 1.29 is 14.0 Å². The average molecular weight is 378 g/mol. The lowest BCUT2D eigenvalue weighted by molar-refractivity contribution is -0.122. The van der Waals surface area contributed by atoms with Crippen LogP contribution in [-0.2, 0) is 9.59 Å². The summed E-state index contributed by atoms with van der Waals surface area (Å²) in [5.41, 5.74) is 1.68. The van der Waals surface area contributed by atoms with Crippen LogP contribution in [0.5, 0.6) is 0 Å². The van der Waals surface area contributed by atoms with Gasteiger partial charge in [0, 0.05) is 5.69 Å². The third-order valence-electron chi connectivity index (χ3n) is 4.04. The van der Waals surface area contributed by atoms with E-state index in [2.05, 4.69) is 10.6 Å². The predicted molar refractivity (Wildman–Crippen MR) is 102 cm³/mol. The van der Waals surface area contributed by atoms with Gasteiger partial charge in [-0.3, -0.25) is 14.5 Å². The van der Waals surface area contributed by atoms with E-state index in [1.807, 2.05) is 0 Å². The number of carbonyl (C=O) groups is 2. The standard InChI is InChI=1S/C19H21ClFN3O2/c1-12-8-9-14(21)10-17(12)23-19(26)13(2)24(3)11-18(25)22-16-7-5-4-6-15(16)20/h4-10,13H,11H2,1-3H3,(H,22,25)(H,23,26). The summed E-state index contributed by atoms with van der Waals surface area (Å²) in [5.74, 6) is -1.04. The molecule has 0 saturated heterocycles. The number of anilines is 2. The number of nitrogens with one attached hydrogen (secondary N) is 2. The number of benzene rings is 2. The van der Waals surface area contributed by atoms with Crippen LogP contribution < -0.4 is 10.6 Å². The molecule has 0 radical (unpaired) electrons. The van der Waals surface area contributed by atoms with Crippen molar-refractivity contribution in [2.45, 2.75) is 19.9 Å². The van der Waals surface area contributed by atoms with Crippen LogP contribution in [0.4, 0.5) is 15.8 Å². The SMILES string of the molecule is Cc1ccc(F)cc1NC(=O)C(C)N(C)CC(=O)Nc1ccccc1Cl. The molecule has 5 nitrogen and oxygen atoms in total. The molecule has 2 aromatic rings. The van der Waals surface area contributed by atoms with Crippen molar-refractivity contribution >= 4 is 34.8 Å². The molecule has 2 amide bonds. The van der Waals surface area contributed by atoms with E-state index >= 15 is 0 Å². The summed E-state index contributed by atoms with van der Waals surface area (Å²) in [6, 6.07) is 10.5. The first kappa shape index (κ1) is 19.9. The zero-order chi connectivity index (χ0) is 19.3. The quantitative estimate of drug-likeness (QED) is 0.807. The van der Waals surface area contributed by atoms with E-state index in [0.29, 0.717) is 16.4 Å². The molecule has 26 heavy (non-hydrogen) atoms. The van der Waals surface area contributed by atoms with Crippen molar-refractivity contribution in [2.24, 2.45) is 0 Å². The van der Waals surface area contributed by atoms with Crippen molar-refractivity contribution in [1.82, 2.24) is 4.90 Å². The maximum Gasteiger partial charge on any atom is 0.241 e. The van der Waals surface area contributed by atoms with E-state index < -0.39 is 11.9 Å². The number of halogens is 2. The Morgan fingerprint density at radius 3 is 2.54 bits per heavy atom. The predicted octanol–water partition coefficient (Wildman–Crippen LogP) is 3.69. The first-order valence-corrected chi connectivity index (χ1v) is 8.47. The number of likely N-dealkylation sites (N-methyl/N-ethyl adjacent to an activating group) is 1. The van der Waals surface area contributed by atoms with Crippen molar-refractivity contribution in [3.05, 3.63) is 58.9 Å². The van der Waals surface area contributed by atoms with Gasteiger partial charge in [-0.15, -0.1) is 0 Å². The van der Waals surface area contributed by atoms with Crippen LogP contribution in [0, 0.1) is 12.7 Å². The Morgan fingerprint density at radius 1 is 1.15 bits per heavy atom. The summed E-state index contributed by atoms with van der Waals surface area (Å²) in [4.78, 5) is 26.1. The second-order valence-corrected chi connectivity index (χ2v) is 6.47. The molecular weight excluding hydrogens is 357 g/mol. The topological polar surface area (TPSA) is 61.4 Å². The maximum atomic E-state index is 13.3. The molecule has 2 N–H and O–H groups in total. The molecule has 0 fully saturated rings. The zero-order valence-electron chi connectivity index (χ0n) is 14.8. The number of hydrogen-bond acceptors (Lipinski definition) is 3. The molecular formula is C19H21ClFN3O2. The molecule has 2 aromatic carbocycles. The minimum absolute atomic E-state index is 0.00193. The molecule has 1 unspecified atom stereocenters. The lowest BCUT2D eigenvalue weighted by atomic mass is 10.2. The van der Waals surface area contributed by atoms with E-state index in [-0.39, 0.29) is 18.4 Å². The number of amides is 2. The first-order valence-electron chi connectivity index (χ1n) is 8.09. The fourth-order valence-electron chi connectivity index (χ4n) is 2.28. The summed E-state index contributed by atoms with van der Waals surface area (Å²) in [6.45, 7) is 3.45. The third kappa shape index (κ3) is 5.28. The smallest absolute Gasteiger partial charge is 0.241 e. The van der Waals surface area contributed by atoms with Crippen LogP contribution in [0.1, 0.15) is 12.5 Å². The van der Waals surface area contributed by atoms with E-state index in [0.717, 1.165) is 5.56 Å². The van der Waals surface area contributed by atoms with E-state index in [1.54, 1.807) is 56.1 Å². The minimum Gasteiger partial charge on any atom is -0.324 e. The molecule has 0 spiro atoms. The van der Waals surface area contributed by atoms with Gasteiger partial charge in [-0.05, 0) is 50.7 Å². The summed E-state index contributed by atoms with van der Waals surface area (Å²) < 4.78 is 13.3. The number of para-hydroxylation sites is 1. The van der Waals surface area contributed by atoms with E-state index in [1.165, 1.54) is 12.1 Å². The van der Waals surface area contributed by atoms with E-state index in [9.17, 15) is 14.0 Å². The fraction of sp³-hybridized carbons (Fsp3) is 0.263. The van der Waals surface area contributed by atoms with Crippen LogP contribution in [0.2, 0.25) is 5.02 Å². The summed E-state index contributed by atoms with van der Waals surface area (Å²) in [6.07, 6.45) is 0. The van der Waals surface area contributed by atoms with Gasteiger partial charge in [0.2, 0.25) is 11.8 Å². The van der Waals surface area contributed by atoms with Gasteiger partial charge in [-0.25, -0.2) is 4.39 Å². The van der Waals surface area contributed by atoms with Gasteiger partial charge in [-0.1, -0.05) is 29.8 Å². The van der Waals surface area contributed by atoms with Gasteiger partial charge < -0.3 is 10.6 Å². The van der Waals surface area contributed by atoms with Crippen LogP contribution in [-0.4, -0.2) is 36.3 Å². The Balaban J connectivity index is 1.94. The van der Waals surface area contributed by atoms with Crippen molar-refractivity contribution in [1.29, 1.82) is 0 Å². The molecule has 7 heteroatoms. The number of nitrogens with zero attached hydrogens (tertiary/aromatic N) is 1. The summed E-state index contributed by atoms with van der Waals surface area (Å²) in [5, 5.41) is 5.84. The Bertz CT molecular complexity index is 813. The Kier molecular flexibility index (Phi) is 6.71. The molecule has 1 atom stereocenters. The molecule has 2 rings (SSSR count). The minimum atomic E-state index is -0.588. The highest BCUT2D eigenvalue weighted by atomic mass is 35.5. The van der Waals surface area contributed by atoms with Crippen LogP contribution in [0.25, 0.3) is 0 Å². The van der Waals surface area contributed by atoms with Gasteiger partial charge in [0.05, 0.1) is 23.3 Å². The second-order valence-electron chi connectivity index (χ2n) is 6.07. The summed E-state index contributed by atoms with van der Waals surface area (Å²) in [7, 11) is 1.66. The third-order valence-corrected chi connectivity index (χ3v) is 4.37. The van der Waals surface area contributed by atoms with E-state index in [4.69, 9.17) is 11.6 Å². The first-order chi connectivity index (χ1) is 12.3. The second kappa shape index (κ2) is 8.78. The van der Waals surface area contributed by atoms with Crippen LogP contribution >= 0.6 is 11.6 Å². The number of aryl methyl sites for hydroxylation is 1. The van der Waals surface area contributed by atoms with Crippen LogP contribution in [0.15, 0.2) is 42.5 Å². The fourth-order valence-corrected chi connectivity index (χ4v) is 2.46. The molecule has 0 heterocycles. The van der Waals surface area contributed by atoms with Crippen molar-refractivity contribution in [3.63, 3.8) is 0 Å².